The topological polar surface area (TPSA) is 15.3 Å². The molecule has 1 N–H and O–H groups in total. The van der Waals surface area contributed by atoms with E-state index >= 15 is 0 Å². The third kappa shape index (κ3) is 2.89. The summed E-state index contributed by atoms with van der Waals surface area (Å²) < 4.78 is 37.9. The normalized spacial score (nSPS) is 17.8. The number of nitrogens with zero attached hydrogens (tertiary/aromatic N) is 1. The smallest absolute Gasteiger partial charge is 0.381 e. The lowest BCUT2D eigenvalue weighted by molar-refractivity contribution is -0.137. The fraction of sp³-hybridized carbons (Fsp3) is 0.294. The molecule has 2 nitrogen and oxygen atoms in total. The van der Waals surface area contributed by atoms with Crippen LogP contribution in [0.2, 0.25) is 0 Å². The largest absolute Gasteiger partial charge is 0.416 e. The van der Waals surface area contributed by atoms with Gasteiger partial charge in [-0.2, -0.15) is 13.2 Å². The molecule has 0 aromatic heterocycles. The van der Waals surface area contributed by atoms with Crippen molar-refractivity contribution < 1.29 is 13.2 Å². The second-order valence-electron chi connectivity index (χ2n) is 5.57. The van der Waals surface area contributed by atoms with Gasteiger partial charge in [-0.3, -0.25) is 0 Å². The Kier molecular flexibility index (Phi) is 3.72. The third-order valence-electron chi connectivity index (χ3n) is 3.97. The van der Waals surface area contributed by atoms with Crippen molar-refractivity contribution in [3.05, 3.63) is 59.7 Å². The highest BCUT2D eigenvalue weighted by molar-refractivity contribution is 5.72. The molecule has 0 saturated heterocycles. The van der Waals surface area contributed by atoms with E-state index in [0.29, 0.717) is 6.54 Å². The minimum Gasteiger partial charge on any atom is -0.381 e. The van der Waals surface area contributed by atoms with Gasteiger partial charge in [-0.05, 0) is 36.8 Å². The van der Waals surface area contributed by atoms with E-state index < -0.39 is 11.7 Å². The highest BCUT2D eigenvalue weighted by atomic mass is 19.4. The van der Waals surface area contributed by atoms with E-state index in [1.54, 1.807) is 12.1 Å². The van der Waals surface area contributed by atoms with Crippen LogP contribution >= 0.6 is 0 Å². The molecule has 1 aliphatic heterocycles. The first kappa shape index (κ1) is 14.8. The van der Waals surface area contributed by atoms with Crippen molar-refractivity contribution in [3.8, 4) is 0 Å². The highest BCUT2D eigenvalue weighted by Gasteiger charge is 2.30. The number of hydrogen-bond donors (Lipinski definition) is 1. The van der Waals surface area contributed by atoms with Crippen LogP contribution in [-0.4, -0.2) is 12.6 Å². The van der Waals surface area contributed by atoms with Crippen LogP contribution in [-0.2, 0) is 12.7 Å². The lowest BCUT2D eigenvalue weighted by Crippen LogP contribution is -2.41. The van der Waals surface area contributed by atoms with Crippen LogP contribution < -0.4 is 10.2 Å². The number of hydrogen-bond acceptors (Lipinski definition) is 2. The molecule has 0 fully saturated rings. The maximum absolute atomic E-state index is 12.6. The molecule has 116 valence electrons. The number of fused-ring (bicyclic) bond motifs is 1. The fourth-order valence-electron chi connectivity index (χ4n) is 2.72. The van der Waals surface area contributed by atoms with Crippen molar-refractivity contribution >= 4 is 11.4 Å². The Bertz CT molecular complexity index is 650. The first-order valence-corrected chi connectivity index (χ1v) is 7.21. The Morgan fingerprint density at radius 3 is 2.45 bits per heavy atom. The molecule has 22 heavy (non-hydrogen) atoms. The average molecular weight is 306 g/mol. The van der Waals surface area contributed by atoms with Gasteiger partial charge in [0.05, 0.1) is 16.9 Å². The number of nitrogens with one attached hydrogen (secondary N) is 1. The Labute approximate surface area is 127 Å². The Hall–Kier alpha value is -2.17. The summed E-state index contributed by atoms with van der Waals surface area (Å²) in [5.74, 6) is 0. The fourth-order valence-corrected chi connectivity index (χ4v) is 2.72. The van der Waals surface area contributed by atoms with Gasteiger partial charge in [-0.1, -0.05) is 24.3 Å². The van der Waals surface area contributed by atoms with E-state index in [4.69, 9.17) is 0 Å². The zero-order valence-electron chi connectivity index (χ0n) is 12.2. The number of rotatable bonds is 2. The minimum atomic E-state index is -4.28. The molecule has 3 rings (SSSR count). The van der Waals surface area contributed by atoms with Crippen LogP contribution in [0.1, 0.15) is 18.1 Å². The van der Waals surface area contributed by atoms with Gasteiger partial charge in [0.1, 0.15) is 0 Å². The Morgan fingerprint density at radius 2 is 1.77 bits per heavy atom. The van der Waals surface area contributed by atoms with Gasteiger partial charge in [0, 0.05) is 19.1 Å². The number of halogens is 3. The number of benzene rings is 2. The van der Waals surface area contributed by atoms with E-state index in [0.717, 1.165) is 35.6 Å². The summed E-state index contributed by atoms with van der Waals surface area (Å²) in [6.07, 6.45) is -4.28. The molecular weight excluding hydrogens is 289 g/mol. The molecule has 0 radical (unpaired) electrons. The van der Waals surface area contributed by atoms with Crippen molar-refractivity contribution in [3.63, 3.8) is 0 Å². The zero-order valence-corrected chi connectivity index (χ0v) is 12.2. The standard InChI is InChI=1S/C17H17F3N2/c1-12-10-21-15-4-2-3-5-16(15)22(12)11-13-6-8-14(9-7-13)17(18,19)20/h2-9,12,21H,10-11H2,1H3. The number of alkyl halides is 3. The van der Waals surface area contributed by atoms with Gasteiger partial charge in [-0.15, -0.1) is 0 Å². The molecular formula is C17H17F3N2. The van der Waals surface area contributed by atoms with E-state index in [9.17, 15) is 13.2 Å². The van der Waals surface area contributed by atoms with Gasteiger partial charge in [-0.25, -0.2) is 0 Å². The Balaban J connectivity index is 1.84. The Morgan fingerprint density at radius 1 is 1.09 bits per heavy atom. The van der Waals surface area contributed by atoms with Crippen LogP contribution in [0.3, 0.4) is 0 Å². The maximum Gasteiger partial charge on any atom is 0.416 e. The van der Waals surface area contributed by atoms with E-state index in [1.165, 1.54) is 0 Å². The SMILES string of the molecule is CC1CNc2ccccc2N1Cc1ccc(C(F)(F)F)cc1. The summed E-state index contributed by atoms with van der Waals surface area (Å²) in [7, 11) is 0. The molecule has 2 aromatic carbocycles. The molecule has 0 saturated carbocycles. The summed E-state index contributed by atoms with van der Waals surface area (Å²) in [4.78, 5) is 2.22. The van der Waals surface area contributed by atoms with E-state index in [1.807, 2.05) is 24.3 Å². The molecule has 1 unspecified atom stereocenters. The molecule has 0 bridgehead atoms. The second kappa shape index (κ2) is 5.55. The van der Waals surface area contributed by atoms with Crippen LogP contribution in [0.25, 0.3) is 0 Å². The van der Waals surface area contributed by atoms with Gasteiger partial charge < -0.3 is 10.2 Å². The van der Waals surface area contributed by atoms with Gasteiger partial charge in [0.2, 0.25) is 0 Å². The van der Waals surface area contributed by atoms with Crippen LogP contribution in [0.5, 0.6) is 0 Å². The first-order chi connectivity index (χ1) is 10.4. The van der Waals surface area contributed by atoms with Gasteiger partial charge >= 0.3 is 6.18 Å². The molecule has 5 heteroatoms. The zero-order chi connectivity index (χ0) is 15.7. The summed E-state index contributed by atoms with van der Waals surface area (Å²) in [6.45, 7) is 3.52. The molecule has 1 heterocycles. The maximum atomic E-state index is 12.6. The monoisotopic (exact) mass is 306 g/mol. The summed E-state index contributed by atoms with van der Waals surface area (Å²) in [5, 5.41) is 3.37. The predicted molar refractivity (Wildman–Crippen MR) is 82.0 cm³/mol. The summed E-state index contributed by atoms with van der Waals surface area (Å²) in [6, 6.07) is 13.7. The first-order valence-electron chi connectivity index (χ1n) is 7.21. The van der Waals surface area contributed by atoms with Crippen molar-refractivity contribution in [2.45, 2.75) is 25.7 Å². The molecule has 0 spiro atoms. The van der Waals surface area contributed by atoms with Gasteiger partial charge in [0.25, 0.3) is 0 Å². The van der Waals surface area contributed by atoms with Crippen LogP contribution in [0.15, 0.2) is 48.5 Å². The average Bonchev–Trinajstić information content (AvgIpc) is 2.50. The summed E-state index contributed by atoms with van der Waals surface area (Å²) >= 11 is 0. The van der Waals surface area contributed by atoms with E-state index in [2.05, 4.69) is 17.1 Å². The molecule has 2 aromatic rings. The van der Waals surface area contributed by atoms with Crippen molar-refractivity contribution in [1.29, 1.82) is 0 Å². The lowest BCUT2D eigenvalue weighted by Gasteiger charge is -2.37. The molecule has 0 amide bonds. The van der Waals surface area contributed by atoms with Gasteiger partial charge in [0.15, 0.2) is 0 Å². The number of para-hydroxylation sites is 2. The quantitative estimate of drug-likeness (QED) is 0.877. The van der Waals surface area contributed by atoms with E-state index in [-0.39, 0.29) is 6.04 Å². The lowest BCUT2D eigenvalue weighted by atomic mass is 10.1. The molecule has 1 atom stereocenters. The predicted octanol–water partition coefficient (Wildman–Crippen LogP) is 4.53. The van der Waals surface area contributed by atoms with Crippen LogP contribution in [0.4, 0.5) is 24.5 Å². The third-order valence-corrected chi connectivity index (χ3v) is 3.97. The second-order valence-corrected chi connectivity index (χ2v) is 5.57. The minimum absolute atomic E-state index is 0.275. The summed E-state index contributed by atoms with van der Waals surface area (Å²) in [5.41, 5.74) is 2.41. The molecule has 1 aliphatic rings. The van der Waals surface area contributed by atoms with Crippen LogP contribution in [0, 0.1) is 0 Å². The van der Waals surface area contributed by atoms with Crippen molar-refractivity contribution in [2.75, 3.05) is 16.8 Å². The molecule has 0 aliphatic carbocycles. The number of anilines is 2. The van der Waals surface area contributed by atoms with Crippen molar-refractivity contribution in [1.82, 2.24) is 0 Å². The van der Waals surface area contributed by atoms with Crippen molar-refractivity contribution in [2.24, 2.45) is 0 Å². The highest BCUT2D eigenvalue weighted by Crippen LogP contribution is 2.33.